The molecule has 16 heavy (non-hydrogen) atoms. The summed E-state index contributed by atoms with van der Waals surface area (Å²) in [5, 5.41) is 0. The fourth-order valence-electron chi connectivity index (χ4n) is 1.87. The number of amides is 3. The number of rotatable bonds is 0. The molecule has 2 heterocycles. The Balaban J connectivity index is 2.61. The van der Waals surface area contributed by atoms with Gasteiger partial charge in [0.25, 0.3) is 5.84 Å². The van der Waals surface area contributed by atoms with Gasteiger partial charge in [-0.15, -0.1) is 4.99 Å². The van der Waals surface area contributed by atoms with Gasteiger partial charge in [0.2, 0.25) is 0 Å². The lowest BCUT2D eigenvalue weighted by Gasteiger charge is -2.24. The van der Waals surface area contributed by atoms with Gasteiger partial charge in [0.15, 0.2) is 5.92 Å². The molecule has 0 aliphatic carbocycles. The first-order valence-electron chi connectivity index (χ1n) is 5.09. The average molecular weight is 220 g/mol. The van der Waals surface area contributed by atoms with E-state index in [4.69, 9.17) is 0 Å². The molecule has 5 nitrogen and oxygen atoms in total. The van der Waals surface area contributed by atoms with Crippen molar-refractivity contribution in [3.05, 3.63) is 11.6 Å². The van der Waals surface area contributed by atoms with Crippen molar-refractivity contribution in [2.45, 2.75) is 13.8 Å². The van der Waals surface area contributed by atoms with Crippen LogP contribution in [0.2, 0.25) is 0 Å². The Labute approximate surface area is 93.8 Å². The fraction of sp³-hybridized carbons (Fsp3) is 0.455. The lowest BCUT2D eigenvalue weighted by atomic mass is 9.96. The van der Waals surface area contributed by atoms with Crippen molar-refractivity contribution < 1.29 is 14.2 Å². The maximum absolute atomic E-state index is 11.9. The van der Waals surface area contributed by atoms with Gasteiger partial charge in [-0.25, -0.2) is 4.79 Å². The normalized spacial score (nSPS) is 25.5. The van der Waals surface area contributed by atoms with E-state index < -0.39 is 5.92 Å². The van der Waals surface area contributed by atoms with E-state index in [0.717, 1.165) is 16.2 Å². The van der Waals surface area contributed by atoms with Crippen LogP contribution in [0.4, 0.5) is 4.79 Å². The lowest BCUT2D eigenvalue weighted by molar-refractivity contribution is -0.407. The van der Waals surface area contributed by atoms with Crippen LogP contribution in [0.15, 0.2) is 16.6 Å². The van der Waals surface area contributed by atoms with Gasteiger partial charge in [0, 0.05) is 0 Å². The fourth-order valence-corrected chi connectivity index (χ4v) is 1.87. The quantitative estimate of drug-likeness (QED) is 0.563. The third-order valence-corrected chi connectivity index (χ3v) is 3.06. The van der Waals surface area contributed by atoms with Crippen LogP contribution in [0, 0.1) is 5.92 Å². The first-order chi connectivity index (χ1) is 7.43. The minimum absolute atomic E-state index is 0.214. The Morgan fingerprint density at radius 1 is 1.38 bits per heavy atom. The molecule has 0 saturated carbocycles. The van der Waals surface area contributed by atoms with Crippen LogP contribution in [0.1, 0.15) is 13.8 Å². The Bertz CT molecular complexity index is 485. The van der Waals surface area contributed by atoms with Gasteiger partial charge in [0.1, 0.15) is 5.71 Å². The first kappa shape index (κ1) is 10.7. The van der Waals surface area contributed by atoms with Crippen molar-refractivity contribution in [2.75, 3.05) is 14.1 Å². The third kappa shape index (κ3) is 1.31. The van der Waals surface area contributed by atoms with Crippen molar-refractivity contribution >= 4 is 23.5 Å². The molecule has 0 saturated heterocycles. The van der Waals surface area contributed by atoms with E-state index in [9.17, 15) is 9.59 Å². The second-order valence-electron chi connectivity index (χ2n) is 4.12. The van der Waals surface area contributed by atoms with Gasteiger partial charge in [-0.05, 0) is 19.4 Å². The summed E-state index contributed by atoms with van der Waals surface area (Å²) in [4.78, 5) is 29.1. The predicted octanol–water partition coefficient (Wildman–Crippen LogP) is 0.656. The average Bonchev–Trinajstić information content (AvgIpc) is 2.26. The number of carbonyl (C=O) groups is 2. The van der Waals surface area contributed by atoms with Gasteiger partial charge in [-0.2, -0.15) is 9.48 Å². The van der Waals surface area contributed by atoms with Gasteiger partial charge >= 0.3 is 11.9 Å². The molecule has 2 aliphatic rings. The van der Waals surface area contributed by atoms with E-state index in [1.165, 1.54) is 11.6 Å². The molecule has 0 aromatic carbocycles. The van der Waals surface area contributed by atoms with Crippen molar-refractivity contribution in [1.82, 2.24) is 4.90 Å². The van der Waals surface area contributed by atoms with Gasteiger partial charge in [-0.3, -0.25) is 4.79 Å². The van der Waals surface area contributed by atoms with Gasteiger partial charge in [0.05, 0.1) is 14.1 Å². The molecule has 0 aromatic rings. The molecule has 0 radical (unpaired) electrons. The number of amidine groups is 1. The zero-order valence-corrected chi connectivity index (χ0v) is 9.81. The number of hydrogen-bond acceptors (Lipinski definition) is 3. The van der Waals surface area contributed by atoms with E-state index in [1.54, 1.807) is 7.05 Å². The van der Waals surface area contributed by atoms with Crippen molar-refractivity contribution in [3.8, 4) is 0 Å². The second kappa shape index (κ2) is 3.37. The predicted molar refractivity (Wildman–Crippen MR) is 59.7 cm³/mol. The molecule has 2 aliphatic heterocycles. The molecule has 0 fully saturated rings. The SMILES string of the molecule is CC1=CC2C(=O)N(C)C(=O)[N+](C)=C2N=C1C. The van der Waals surface area contributed by atoms with E-state index >= 15 is 0 Å². The number of dihydropyridines is 1. The summed E-state index contributed by atoms with van der Waals surface area (Å²) in [5.74, 6) is -0.110. The van der Waals surface area contributed by atoms with Gasteiger partial charge < -0.3 is 0 Å². The number of allylic oxidation sites excluding steroid dienone is 1. The zero-order chi connectivity index (χ0) is 12.0. The molecular weight excluding hydrogens is 206 g/mol. The highest BCUT2D eigenvalue weighted by Gasteiger charge is 2.44. The van der Waals surface area contributed by atoms with Crippen LogP contribution in [-0.2, 0) is 4.79 Å². The summed E-state index contributed by atoms with van der Waals surface area (Å²) in [6.45, 7) is 3.79. The summed E-state index contributed by atoms with van der Waals surface area (Å²) in [6, 6.07) is -0.333. The summed E-state index contributed by atoms with van der Waals surface area (Å²) in [5.41, 5.74) is 1.83. The molecule has 3 amide bonds. The van der Waals surface area contributed by atoms with Crippen LogP contribution >= 0.6 is 0 Å². The van der Waals surface area contributed by atoms with Gasteiger partial charge in [-0.1, -0.05) is 6.08 Å². The minimum atomic E-state index is -0.420. The summed E-state index contributed by atoms with van der Waals surface area (Å²) >= 11 is 0. The Morgan fingerprint density at radius 3 is 2.62 bits per heavy atom. The number of nitrogens with zero attached hydrogens (tertiary/aromatic N) is 3. The Hall–Kier alpha value is -1.78. The van der Waals surface area contributed by atoms with E-state index in [0.29, 0.717) is 5.84 Å². The highest BCUT2D eigenvalue weighted by Crippen LogP contribution is 2.20. The minimum Gasteiger partial charge on any atom is -0.255 e. The van der Waals surface area contributed by atoms with E-state index in [1.807, 2.05) is 19.9 Å². The Morgan fingerprint density at radius 2 is 2.00 bits per heavy atom. The summed E-state index contributed by atoms with van der Waals surface area (Å²) in [6.07, 6.45) is 1.86. The molecule has 1 atom stereocenters. The third-order valence-electron chi connectivity index (χ3n) is 3.06. The van der Waals surface area contributed by atoms with Crippen LogP contribution in [-0.4, -0.2) is 47.1 Å². The molecule has 1 unspecified atom stereocenters. The van der Waals surface area contributed by atoms with Crippen LogP contribution < -0.4 is 0 Å². The molecule has 0 spiro atoms. The van der Waals surface area contributed by atoms with Crippen molar-refractivity contribution in [2.24, 2.45) is 10.9 Å². The first-order valence-corrected chi connectivity index (χ1v) is 5.09. The van der Waals surface area contributed by atoms with Crippen LogP contribution in [0.3, 0.4) is 0 Å². The number of hydrogen-bond donors (Lipinski definition) is 0. The molecular formula is C11H14N3O2+. The molecule has 0 aromatic heterocycles. The monoisotopic (exact) mass is 220 g/mol. The standard InChI is InChI=1S/C11H14N3O2/c1-6-5-8-9(12-7(6)2)13(3)11(16)14(4)10(8)15/h5,8H,1-4H3/q+1. The Kier molecular flexibility index (Phi) is 2.26. The highest BCUT2D eigenvalue weighted by molar-refractivity contribution is 6.18. The maximum atomic E-state index is 11.9. The molecule has 84 valence electrons. The van der Waals surface area contributed by atoms with Crippen molar-refractivity contribution in [3.63, 3.8) is 0 Å². The smallest absolute Gasteiger partial charge is 0.255 e. The lowest BCUT2D eigenvalue weighted by Crippen LogP contribution is -2.52. The number of carbonyl (C=O) groups excluding carboxylic acids is 2. The number of fused-ring (bicyclic) bond motifs is 1. The maximum Gasteiger partial charge on any atom is 0.445 e. The van der Waals surface area contributed by atoms with Crippen LogP contribution in [0.5, 0.6) is 0 Å². The highest BCUT2D eigenvalue weighted by atomic mass is 16.2. The van der Waals surface area contributed by atoms with Crippen LogP contribution in [0.25, 0.3) is 0 Å². The molecule has 2 rings (SSSR count). The summed E-state index contributed by atoms with van der Waals surface area (Å²) in [7, 11) is 3.13. The summed E-state index contributed by atoms with van der Waals surface area (Å²) < 4.78 is 1.43. The largest absolute Gasteiger partial charge is 0.445 e. The van der Waals surface area contributed by atoms with E-state index in [2.05, 4.69) is 4.99 Å². The molecule has 0 bridgehead atoms. The number of aliphatic imine (C=N–C) groups is 1. The topological polar surface area (TPSA) is 52.8 Å². The molecule has 5 heteroatoms. The number of imide groups is 1. The van der Waals surface area contributed by atoms with E-state index in [-0.39, 0.29) is 11.9 Å². The molecule has 0 N–H and O–H groups in total. The second-order valence-corrected chi connectivity index (χ2v) is 4.12. The van der Waals surface area contributed by atoms with Crippen molar-refractivity contribution in [1.29, 1.82) is 0 Å². The number of urea groups is 1. The zero-order valence-electron chi connectivity index (χ0n) is 9.81.